The molecular weight excluding hydrogens is 469 g/mol. The van der Waals surface area contributed by atoms with E-state index in [2.05, 4.69) is 26.1 Å². The average molecular weight is 484 g/mol. The van der Waals surface area contributed by atoms with E-state index in [-0.39, 0.29) is 18.3 Å². The van der Waals surface area contributed by atoms with Crippen LogP contribution in [0, 0.1) is 5.82 Å². The number of hydrogen-bond donors (Lipinski definition) is 0. The van der Waals surface area contributed by atoms with Crippen molar-refractivity contribution in [1.29, 1.82) is 0 Å². The summed E-state index contributed by atoms with van der Waals surface area (Å²) in [5.41, 5.74) is 1.60. The Morgan fingerprint density at radius 1 is 1.10 bits per heavy atom. The van der Waals surface area contributed by atoms with Gasteiger partial charge >= 0.3 is 0 Å². The molecule has 1 fully saturated rings. The molecule has 0 bridgehead atoms. The molecular formula is C22H15BrFN3O2S. The smallest absolute Gasteiger partial charge is 0.267 e. The Hall–Kier alpha value is -2.97. The number of halogens is 2. The lowest BCUT2D eigenvalue weighted by atomic mass is 10.2. The zero-order chi connectivity index (χ0) is 20.9. The average Bonchev–Trinajstić information content (AvgIpc) is 3.34. The first-order chi connectivity index (χ1) is 14.6. The summed E-state index contributed by atoms with van der Waals surface area (Å²) < 4.78 is 19.5. The van der Waals surface area contributed by atoms with Gasteiger partial charge in [-0.2, -0.15) is 5.10 Å². The largest absolute Gasteiger partial charge is 0.467 e. The van der Waals surface area contributed by atoms with Gasteiger partial charge in [-0.05, 0) is 65.4 Å². The molecule has 8 heteroatoms. The van der Waals surface area contributed by atoms with Crippen molar-refractivity contribution in [3.05, 3.63) is 99.0 Å². The van der Waals surface area contributed by atoms with E-state index < -0.39 is 0 Å². The van der Waals surface area contributed by atoms with Crippen molar-refractivity contribution in [2.24, 2.45) is 10.2 Å². The molecule has 0 spiro atoms. The number of amidine groups is 1. The minimum atomic E-state index is -0.328. The minimum absolute atomic E-state index is 0.211. The summed E-state index contributed by atoms with van der Waals surface area (Å²) in [5, 5.41) is 8.86. The third-order valence-corrected chi connectivity index (χ3v) is 5.64. The molecule has 1 aromatic heterocycles. The number of nitrogens with zero attached hydrogens (tertiary/aromatic N) is 3. The van der Waals surface area contributed by atoms with E-state index in [0.29, 0.717) is 15.8 Å². The van der Waals surface area contributed by atoms with Crippen LogP contribution >= 0.6 is 27.7 Å². The molecule has 1 aliphatic heterocycles. The zero-order valence-corrected chi connectivity index (χ0v) is 17.9. The van der Waals surface area contributed by atoms with Gasteiger partial charge < -0.3 is 4.42 Å². The van der Waals surface area contributed by atoms with Crippen LogP contribution in [0.5, 0.6) is 0 Å². The Kier molecular flexibility index (Phi) is 6.25. The molecule has 2 aromatic carbocycles. The summed E-state index contributed by atoms with van der Waals surface area (Å²) in [6.45, 7) is 0.241. The normalized spacial score (nSPS) is 17.0. The van der Waals surface area contributed by atoms with Gasteiger partial charge in [-0.15, -0.1) is 5.10 Å². The molecule has 0 radical (unpaired) electrons. The van der Waals surface area contributed by atoms with E-state index >= 15 is 0 Å². The van der Waals surface area contributed by atoms with E-state index in [1.54, 1.807) is 42.8 Å². The fourth-order valence-electron chi connectivity index (χ4n) is 2.72. The first-order valence-corrected chi connectivity index (χ1v) is 10.6. The number of thioether (sulfide) groups is 1. The van der Waals surface area contributed by atoms with E-state index in [0.717, 1.165) is 15.6 Å². The molecule has 1 saturated heterocycles. The number of hydrogen-bond acceptors (Lipinski definition) is 5. The summed E-state index contributed by atoms with van der Waals surface area (Å²) in [4.78, 5) is 15.0. The topological polar surface area (TPSA) is 58.2 Å². The first kappa shape index (κ1) is 20.3. The van der Waals surface area contributed by atoms with E-state index in [4.69, 9.17) is 4.42 Å². The fraction of sp³-hybridized carbons (Fsp3) is 0.0455. The number of benzene rings is 2. The summed E-state index contributed by atoms with van der Waals surface area (Å²) in [5.74, 6) is 0.0962. The van der Waals surface area contributed by atoms with Crippen LogP contribution < -0.4 is 0 Å². The highest BCUT2D eigenvalue weighted by Crippen LogP contribution is 2.33. The highest BCUT2D eigenvalue weighted by molar-refractivity contribution is 9.10. The van der Waals surface area contributed by atoms with E-state index in [1.807, 2.05) is 24.3 Å². The van der Waals surface area contributed by atoms with Crippen LogP contribution in [0.25, 0.3) is 6.08 Å². The van der Waals surface area contributed by atoms with Crippen LogP contribution in [0.3, 0.4) is 0 Å². The second-order valence-electron chi connectivity index (χ2n) is 6.32. The molecule has 1 aliphatic rings. The standard InChI is InChI=1S/C22H15BrFN3O2S/c23-17-4-1-3-16(11-17)13-25-26-22-27(14-19-5-2-10-29-19)21(28)20(30-22)12-15-6-8-18(24)9-7-15/h1-13H,14H2/b20-12-,25-13+,26-22-. The monoisotopic (exact) mass is 483 g/mol. The SMILES string of the molecule is O=C1/C(=C/c2ccc(F)cc2)S/C(=N\N=C\c2cccc(Br)c2)N1Cc1ccco1. The molecule has 1 amide bonds. The number of carbonyl (C=O) groups excluding carboxylic acids is 1. The molecule has 0 N–H and O–H groups in total. The van der Waals surface area contributed by atoms with Crippen LogP contribution in [0.4, 0.5) is 4.39 Å². The third-order valence-electron chi connectivity index (χ3n) is 4.15. The van der Waals surface area contributed by atoms with Crippen LogP contribution in [-0.4, -0.2) is 22.2 Å². The van der Waals surface area contributed by atoms with Gasteiger partial charge in [0.2, 0.25) is 0 Å². The number of rotatable bonds is 5. The van der Waals surface area contributed by atoms with E-state index in [1.165, 1.54) is 28.8 Å². The molecule has 4 rings (SSSR count). The minimum Gasteiger partial charge on any atom is -0.467 e. The van der Waals surface area contributed by atoms with Crippen LogP contribution in [0.2, 0.25) is 0 Å². The van der Waals surface area contributed by atoms with Crippen molar-refractivity contribution < 1.29 is 13.6 Å². The second kappa shape index (κ2) is 9.23. The van der Waals surface area contributed by atoms with Crippen LogP contribution in [0.15, 0.2) is 90.9 Å². The van der Waals surface area contributed by atoms with Gasteiger partial charge in [0, 0.05) is 4.47 Å². The second-order valence-corrected chi connectivity index (χ2v) is 8.24. The first-order valence-electron chi connectivity index (χ1n) is 8.94. The Balaban J connectivity index is 1.61. The maximum Gasteiger partial charge on any atom is 0.267 e. The van der Waals surface area contributed by atoms with Crippen molar-refractivity contribution in [2.45, 2.75) is 6.54 Å². The van der Waals surface area contributed by atoms with Crippen molar-refractivity contribution in [1.82, 2.24) is 4.90 Å². The van der Waals surface area contributed by atoms with Gasteiger partial charge in [0.25, 0.3) is 5.91 Å². The lowest BCUT2D eigenvalue weighted by Crippen LogP contribution is -2.28. The van der Waals surface area contributed by atoms with Crippen LogP contribution in [0.1, 0.15) is 16.9 Å². The third kappa shape index (κ3) is 4.95. The van der Waals surface area contributed by atoms with Gasteiger partial charge in [-0.25, -0.2) is 4.39 Å². The highest BCUT2D eigenvalue weighted by Gasteiger charge is 2.34. The molecule has 2 heterocycles. The van der Waals surface area contributed by atoms with Gasteiger partial charge in [0.05, 0.1) is 23.9 Å². The molecule has 0 saturated carbocycles. The van der Waals surface area contributed by atoms with Crippen LogP contribution in [-0.2, 0) is 11.3 Å². The Morgan fingerprint density at radius 3 is 2.67 bits per heavy atom. The molecule has 150 valence electrons. The van der Waals surface area contributed by atoms with Crippen molar-refractivity contribution in [3.8, 4) is 0 Å². The molecule has 0 unspecified atom stereocenters. The predicted molar refractivity (Wildman–Crippen MR) is 120 cm³/mol. The zero-order valence-electron chi connectivity index (χ0n) is 15.5. The van der Waals surface area contributed by atoms with Gasteiger partial charge in [-0.1, -0.05) is 40.2 Å². The maximum absolute atomic E-state index is 13.2. The summed E-state index contributed by atoms with van der Waals surface area (Å²) >= 11 is 4.63. The number of amides is 1. The quantitative estimate of drug-likeness (QED) is 0.266. The molecule has 5 nitrogen and oxygen atoms in total. The molecule has 0 aliphatic carbocycles. The Morgan fingerprint density at radius 2 is 1.93 bits per heavy atom. The van der Waals surface area contributed by atoms with Crippen molar-refractivity contribution in [2.75, 3.05) is 0 Å². The van der Waals surface area contributed by atoms with E-state index in [9.17, 15) is 9.18 Å². The number of carbonyl (C=O) groups is 1. The summed E-state index contributed by atoms with van der Waals surface area (Å²) in [6, 6.07) is 17.1. The lowest BCUT2D eigenvalue weighted by molar-refractivity contribution is -0.122. The van der Waals surface area contributed by atoms with Gasteiger partial charge in [-0.3, -0.25) is 9.69 Å². The Labute approximate surface area is 185 Å². The summed E-state index contributed by atoms with van der Waals surface area (Å²) in [6.07, 6.45) is 4.89. The van der Waals surface area contributed by atoms with Crippen molar-refractivity contribution in [3.63, 3.8) is 0 Å². The molecule has 30 heavy (non-hydrogen) atoms. The Bertz CT molecular complexity index is 1140. The van der Waals surface area contributed by atoms with Gasteiger partial charge in [0.1, 0.15) is 11.6 Å². The predicted octanol–water partition coefficient (Wildman–Crippen LogP) is 5.69. The number of furan rings is 1. The maximum atomic E-state index is 13.2. The van der Waals surface area contributed by atoms with Crippen molar-refractivity contribution >= 4 is 51.1 Å². The fourth-order valence-corrected chi connectivity index (χ4v) is 4.07. The molecule has 0 atom stereocenters. The lowest BCUT2D eigenvalue weighted by Gasteiger charge is -2.12. The van der Waals surface area contributed by atoms with Gasteiger partial charge in [0.15, 0.2) is 5.17 Å². The summed E-state index contributed by atoms with van der Waals surface area (Å²) in [7, 11) is 0. The molecule has 3 aromatic rings. The highest BCUT2D eigenvalue weighted by atomic mass is 79.9.